The Kier molecular flexibility index (Phi) is 63.8. The van der Waals surface area contributed by atoms with Crippen LogP contribution >= 0.6 is 15.6 Å². The molecule has 5 atom stereocenters. The van der Waals surface area contributed by atoms with E-state index in [0.29, 0.717) is 25.7 Å². The van der Waals surface area contributed by atoms with Crippen LogP contribution in [-0.2, 0) is 65.4 Å². The van der Waals surface area contributed by atoms with Gasteiger partial charge in [-0.1, -0.05) is 258 Å². The molecule has 0 aliphatic heterocycles. The minimum atomic E-state index is -5.00. The monoisotopic (exact) mass is 1360 g/mol. The molecule has 19 heteroatoms. The first kappa shape index (κ1) is 89.5. The summed E-state index contributed by atoms with van der Waals surface area (Å²) < 4.78 is 68.1. The van der Waals surface area contributed by atoms with Crippen LogP contribution in [0.5, 0.6) is 0 Å². The number of allylic oxidation sites excluding steroid dienone is 19. The summed E-state index contributed by atoms with van der Waals surface area (Å²) in [4.78, 5) is 72.5. The number of hydrogen-bond donors (Lipinski definition) is 3. The zero-order valence-corrected chi connectivity index (χ0v) is 60.1. The summed E-state index contributed by atoms with van der Waals surface area (Å²) in [5.41, 5.74) is 0. The third-order valence-corrected chi connectivity index (χ3v) is 16.4. The van der Waals surface area contributed by atoms with Crippen LogP contribution < -0.4 is 0 Å². The van der Waals surface area contributed by atoms with Crippen molar-refractivity contribution in [3.05, 3.63) is 122 Å². The number of carbonyl (C=O) groups is 4. The van der Waals surface area contributed by atoms with Gasteiger partial charge in [0, 0.05) is 19.3 Å². The molecule has 5 unspecified atom stereocenters. The molecule has 0 spiro atoms. The molecule has 17 nitrogen and oxygen atoms in total. The number of aliphatic hydroxyl groups excluding tert-OH is 1. The number of aliphatic hydroxyl groups is 1. The zero-order chi connectivity index (χ0) is 69.0. The average molecular weight is 1360 g/mol. The molecule has 94 heavy (non-hydrogen) atoms. The quantitative estimate of drug-likeness (QED) is 0.0169. The van der Waals surface area contributed by atoms with Crippen LogP contribution in [0, 0.1) is 0 Å². The van der Waals surface area contributed by atoms with Crippen LogP contribution in [0.3, 0.4) is 0 Å². The summed E-state index contributed by atoms with van der Waals surface area (Å²) in [7, 11) is -9.98. The molecule has 0 aromatic rings. The summed E-state index contributed by atoms with van der Waals surface area (Å²) in [5, 5.41) is 10.6. The maximum atomic E-state index is 13.0. The lowest BCUT2D eigenvalue weighted by Crippen LogP contribution is -2.30. The average Bonchev–Trinajstić information content (AvgIpc) is 1.23. The maximum absolute atomic E-state index is 13.0. The molecule has 3 N–H and O–H groups in total. The van der Waals surface area contributed by atoms with Gasteiger partial charge in [0.2, 0.25) is 0 Å². The highest BCUT2D eigenvalue weighted by Crippen LogP contribution is 2.45. The first-order valence-electron chi connectivity index (χ1n) is 35.8. The van der Waals surface area contributed by atoms with Crippen LogP contribution in [0.25, 0.3) is 0 Å². The fraction of sp³-hybridized carbons (Fsp3) is 0.680. The number of ether oxygens (including phenoxy) is 4. The van der Waals surface area contributed by atoms with E-state index in [1.165, 1.54) is 51.4 Å². The Morgan fingerprint density at radius 1 is 0.319 bits per heavy atom. The molecule has 538 valence electrons. The van der Waals surface area contributed by atoms with Gasteiger partial charge in [-0.3, -0.25) is 37.3 Å². The van der Waals surface area contributed by atoms with Gasteiger partial charge in [0.25, 0.3) is 0 Å². The summed E-state index contributed by atoms with van der Waals surface area (Å²) in [5.74, 6) is -2.36. The molecule has 0 saturated heterocycles. The van der Waals surface area contributed by atoms with E-state index >= 15 is 0 Å². The second-order valence-electron chi connectivity index (χ2n) is 23.4. The molecular weight excluding hydrogens is 1230 g/mol. The Hall–Kier alpha value is -4.54. The maximum Gasteiger partial charge on any atom is 0.472 e. The van der Waals surface area contributed by atoms with Gasteiger partial charge in [-0.2, -0.15) is 0 Å². The molecule has 0 fully saturated rings. The summed E-state index contributed by atoms with van der Waals surface area (Å²) in [6, 6.07) is 0. The highest BCUT2D eigenvalue weighted by atomic mass is 31.2. The van der Waals surface area contributed by atoms with Crippen molar-refractivity contribution in [1.82, 2.24) is 0 Å². The predicted molar refractivity (Wildman–Crippen MR) is 381 cm³/mol. The van der Waals surface area contributed by atoms with Gasteiger partial charge in [-0.15, -0.1) is 0 Å². The third kappa shape index (κ3) is 66.1. The lowest BCUT2D eigenvalue weighted by molar-refractivity contribution is -0.161. The molecule has 0 aromatic carbocycles. The smallest absolute Gasteiger partial charge is 0.462 e. The number of rotatable bonds is 66. The summed E-state index contributed by atoms with van der Waals surface area (Å²) >= 11 is 0. The van der Waals surface area contributed by atoms with Gasteiger partial charge in [-0.05, 0) is 109 Å². The highest BCUT2D eigenvalue weighted by Gasteiger charge is 2.30. The molecule has 0 saturated carbocycles. The van der Waals surface area contributed by atoms with E-state index in [2.05, 4.69) is 125 Å². The standard InChI is InChI=1S/C75H126O17P2/c1-5-9-13-17-21-25-29-31-33-34-36-37-41-44-48-52-56-60-73(78)86-66-71(92-75(80)62-58-54-50-46-42-38-35-32-30-26-22-18-14-10-6-2)68-90-94(83,84)88-64-69(76)63-87-93(81,82)89-67-70(91-74(79)61-57-53-49-45-40-28-24-20-16-12-8-4)65-85-72(77)59-55-51-47-43-39-27-23-19-15-11-7-3/h9-10,13-14,19,21-23,25-26,31-33,35-37,42,46,54,58,69-71,76H,5-8,11-12,15-18,20,24,27-30,34,38-41,43-45,47-53,55-57,59-68H2,1-4H3,(H,81,82)(H,83,84)/b13-9-,14-10-,23-19-,25-21-,26-22-,33-31-,35-32-,37-36-,46-42-,58-54-. The lowest BCUT2D eigenvalue weighted by atomic mass is 10.1. The Bertz CT molecular complexity index is 2270. The Labute approximate surface area is 568 Å². The normalized spacial score (nSPS) is 14.8. The van der Waals surface area contributed by atoms with Crippen LogP contribution in [-0.4, -0.2) is 96.7 Å². The molecule has 0 rings (SSSR count). The van der Waals surface area contributed by atoms with E-state index in [1.807, 2.05) is 12.2 Å². The van der Waals surface area contributed by atoms with E-state index < -0.39 is 97.5 Å². The second-order valence-corrected chi connectivity index (χ2v) is 26.3. The van der Waals surface area contributed by atoms with E-state index in [-0.39, 0.29) is 25.7 Å². The van der Waals surface area contributed by atoms with Crippen LogP contribution in [0.15, 0.2) is 122 Å². The van der Waals surface area contributed by atoms with Crippen molar-refractivity contribution < 1.29 is 80.2 Å². The molecule has 0 bridgehead atoms. The van der Waals surface area contributed by atoms with Gasteiger partial charge >= 0.3 is 39.5 Å². The molecule has 0 radical (unpaired) electrons. The summed E-state index contributed by atoms with van der Waals surface area (Å²) in [6.07, 6.45) is 71.0. The molecule has 0 aliphatic rings. The van der Waals surface area contributed by atoms with E-state index in [1.54, 1.807) is 12.2 Å². The topological polar surface area (TPSA) is 237 Å². The van der Waals surface area contributed by atoms with E-state index in [4.69, 9.17) is 37.0 Å². The molecule has 0 amide bonds. The van der Waals surface area contributed by atoms with Crippen LogP contribution in [0.4, 0.5) is 0 Å². The van der Waals surface area contributed by atoms with Crippen molar-refractivity contribution in [2.24, 2.45) is 0 Å². The van der Waals surface area contributed by atoms with Crippen LogP contribution in [0.2, 0.25) is 0 Å². The van der Waals surface area contributed by atoms with Gasteiger partial charge in [0.1, 0.15) is 19.3 Å². The largest absolute Gasteiger partial charge is 0.472 e. The zero-order valence-electron chi connectivity index (χ0n) is 58.3. The summed E-state index contributed by atoms with van der Waals surface area (Å²) in [6.45, 7) is 4.42. The SMILES string of the molecule is CC/C=C\C/C=C\C/C=C\C/C=C\C/C=C\CC(=O)OC(COC(=O)CCCCCC/C=C\C/C=C\C/C=C\C/C=C\CC)COP(=O)(O)OCC(O)COP(=O)(O)OCC(COC(=O)CCCCCCC/C=C\CCCC)OC(=O)CCCCCCCCCCCCC. The van der Waals surface area contributed by atoms with Gasteiger partial charge in [0.15, 0.2) is 12.2 Å². The fourth-order valence-electron chi connectivity index (χ4n) is 9.03. The van der Waals surface area contributed by atoms with Crippen molar-refractivity contribution >= 4 is 39.5 Å². The highest BCUT2D eigenvalue weighted by molar-refractivity contribution is 7.47. The first-order chi connectivity index (χ1) is 45.7. The first-order valence-corrected chi connectivity index (χ1v) is 38.8. The fourth-order valence-corrected chi connectivity index (χ4v) is 10.6. The van der Waals surface area contributed by atoms with Crippen molar-refractivity contribution in [3.63, 3.8) is 0 Å². The van der Waals surface area contributed by atoms with Crippen molar-refractivity contribution in [3.8, 4) is 0 Å². The number of hydrogen-bond acceptors (Lipinski definition) is 15. The molecule has 0 aromatic heterocycles. The lowest BCUT2D eigenvalue weighted by Gasteiger charge is -2.21. The van der Waals surface area contributed by atoms with E-state index in [9.17, 15) is 43.2 Å². The number of phosphoric ester groups is 2. The van der Waals surface area contributed by atoms with Gasteiger partial charge in [-0.25, -0.2) is 9.13 Å². The Balaban J connectivity index is 5.42. The van der Waals surface area contributed by atoms with Gasteiger partial charge < -0.3 is 33.8 Å². The number of esters is 4. The third-order valence-electron chi connectivity index (χ3n) is 14.5. The van der Waals surface area contributed by atoms with Crippen molar-refractivity contribution in [1.29, 1.82) is 0 Å². The number of carbonyl (C=O) groups excluding carboxylic acids is 4. The molecular formula is C75H126O17P2. The van der Waals surface area contributed by atoms with Crippen molar-refractivity contribution in [2.75, 3.05) is 39.6 Å². The Morgan fingerprint density at radius 3 is 0.989 bits per heavy atom. The predicted octanol–water partition coefficient (Wildman–Crippen LogP) is 20.0. The van der Waals surface area contributed by atoms with E-state index in [0.717, 1.165) is 141 Å². The second kappa shape index (κ2) is 67.0. The van der Waals surface area contributed by atoms with Crippen molar-refractivity contribution in [2.45, 2.75) is 290 Å². The Morgan fingerprint density at radius 2 is 0.606 bits per heavy atom. The minimum Gasteiger partial charge on any atom is -0.462 e. The molecule has 0 aliphatic carbocycles. The number of phosphoric acid groups is 2. The number of unbranched alkanes of at least 4 members (excludes halogenated alkanes) is 21. The van der Waals surface area contributed by atoms with Gasteiger partial charge in [0.05, 0.1) is 32.8 Å². The van der Waals surface area contributed by atoms with Crippen LogP contribution in [0.1, 0.15) is 272 Å². The molecule has 0 heterocycles. The minimum absolute atomic E-state index is 0.0915.